The molecule has 0 bridgehead atoms. The fraction of sp³-hybridized carbons (Fsp3) is 0.417. The molecule has 2 amide bonds. The normalized spacial score (nSPS) is 10.1. The molecule has 7 nitrogen and oxygen atoms in total. The lowest BCUT2D eigenvalue weighted by atomic mass is 10.2. The molecule has 0 fully saturated rings. The first-order valence-electron chi connectivity index (χ1n) is 5.68. The van der Waals surface area contributed by atoms with E-state index in [1.54, 1.807) is 21.0 Å². The average Bonchev–Trinajstić information content (AvgIpc) is 2.38. The van der Waals surface area contributed by atoms with Gasteiger partial charge in [-0.25, -0.2) is 0 Å². The minimum atomic E-state index is -0.859. The van der Waals surface area contributed by atoms with Gasteiger partial charge in [-0.2, -0.15) is 0 Å². The third kappa shape index (κ3) is 2.59. The zero-order valence-corrected chi connectivity index (χ0v) is 11.4. The Morgan fingerprint density at radius 3 is 2.47 bits per heavy atom. The molecule has 0 unspecified atom stereocenters. The number of methoxy groups -OCH3 is 1. The number of carbonyl (C=O) groups is 2. The van der Waals surface area contributed by atoms with Gasteiger partial charge in [-0.05, 0) is 6.92 Å². The second-order valence-corrected chi connectivity index (χ2v) is 4.05. The third-order valence-electron chi connectivity index (χ3n) is 2.83. The minimum absolute atomic E-state index is 0.0850. The maximum absolute atomic E-state index is 12.2. The van der Waals surface area contributed by atoms with E-state index in [1.807, 2.05) is 0 Å². The van der Waals surface area contributed by atoms with Crippen LogP contribution in [-0.2, 0) is 7.05 Å². The number of aromatic nitrogens is 1. The van der Waals surface area contributed by atoms with E-state index in [1.165, 1.54) is 22.8 Å². The fourth-order valence-corrected chi connectivity index (χ4v) is 1.64. The number of nitrogens with two attached hydrogens (primary N) is 1. The number of hydrogen-bond acceptors (Lipinski definition) is 4. The molecule has 1 aromatic heterocycles. The van der Waals surface area contributed by atoms with Crippen molar-refractivity contribution in [3.8, 4) is 5.75 Å². The highest BCUT2D eigenvalue weighted by Crippen LogP contribution is 2.15. The summed E-state index contributed by atoms with van der Waals surface area (Å²) in [6, 6.07) is 0. The van der Waals surface area contributed by atoms with Crippen LogP contribution in [0.4, 0.5) is 0 Å². The second kappa shape index (κ2) is 5.55. The number of nitrogens with zero attached hydrogens (tertiary/aromatic N) is 2. The van der Waals surface area contributed by atoms with Gasteiger partial charge in [0.1, 0.15) is 5.56 Å². The minimum Gasteiger partial charge on any atom is -0.491 e. The number of hydrogen-bond donors (Lipinski definition) is 1. The van der Waals surface area contributed by atoms with Crippen LogP contribution in [0.25, 0.3) is 0 Å². The molecule has 0 aliphatic rings. The molecule has 7 heteroatoms. The number of ether oxygens (including phenoxy) is 1. The van der Waals surface area contributed by atoms with Gasteiger partial charge in [-0.15, -0.1) is 0 Å². The van der Waals surface area contributed by atoms with Crippen molar-refractivity contribution in [2.24, 2.45) is 12.8 Å². The number of pyridine rings is 1. The Bertz CT molecular complexity index is 577. The molecular formula is C12H17N3O4. The standard InChI is InChI=1S/C12H17N3O4/c1-5-14(2)12(18)8-10(19-4)9(16)7(11(13)17)6-15(8)3/h6H,5H2,1-4H3,(H2,13,17). The predicted molar refractivity (Wildman–Crippen MR) is 69.4 cm³/mol. The molecule has 0 aromatic carbocycles. The third-order valence-corrected chi connectivity index (χ3v) is 2.83. The molecule has 1 aromatic rings. The molecule has 1 heterocycles. The number of amides is 2. The van der Waals surface area contributed by atoms with Crippen LogP contribution < -0.4 is 15.9 Å². The van der Waals surface area contributed by atoms with E-state index in [9.17, 15) is 14.4 Å². The number of rotatable bonds is 4. The lowest BCUT2D eigenvalue weighted by molar-refractivity contribution is 0.0786. The molecular weight excluding hydrogens is 250 g/mol. The predicted octanol–water partition coefficient (Wildman–Crippen LogP) is -0.415. The van der Waals surface area contributed by atoms with Crippen LogP contribution in [0.2, 0.25) is 0 Å². The summed E-state index contributed by atoms with van der Waals surface area (Å²) in [7, 11) is 4.42. The summed E-state index contributed by atoms with van der Waals surface area (Å²) in [4.78, 5) is 36.8. The van der Waals surface area contributed by atoms with Crippen molar-refractivity contribution in [1.82, 2.24) is 9.47 Å². The maximum atomic E-state index is 12.2. The molecule has 2 N–H and O–H groups in total. The summed E-state index contributed by atoms with van der Waals surface area (Å²) in [5.74, 6) is -1.40. The first-order valence-corrected chi connectivity index (χ1v) is 5.68. The van der Waals surface area contributed by atoms with Gasteiger partial charge in [-0.1, -0.05) is 0 Å². The molecule has 0 atom stereocenters. The molecule has 1 rings (SSSR count). The van der Waals surface area contributed by atoms with E-state index < -0.39 is 11.3 Å². The van der Waals surface area contributed by atoms with Crippen molar-refractivity contribution in [1.29, 1.82) is 0 Å². The summed E-state index contributed by atoms with van der Waals surface area (Å²) in [6.45, 7) is 2.29. The highest BCUT2D eigenvalue weighted by Gasteiger charge is 2.24. The van der Waals surface area contributed by atoms with E-state index in [4.69, 9.17) is 10.5 Å². The van der Waals surface area contributed by atoms with Crippen LogP contribution in [0.5, 0.6) is 5.75 Å². The van der Waals surface area contributed by atoms with Crippen molar-refractivity contribution >= 4 is 11.8 Å². The first kappa shape index (κ1) is 14.7. The van der Waals surface area contributed by atoms with Crippen molar-refractivity contribution in [2.75, 3.05) is 20.7 Å². The summed E-state index contributed by atoms with van der Waals surface area (Å²) in [5.41, 5.74) is 4.31. The van der Waals surface area contributed by atoms with Gasteiger partial charge < -0.3 is 19.9 Å². The Morgan fingerprint density at radius 2 is 2.05 bits per heavy atom. The van der Waals surface area contributed by atoms with Gasteiger partial charge in [0.2, 0.25) is 5.43 Å². The lowest BCUT2D eigenvalue weighted by Gasteiger charge is -2.19. The van der Waals surface area contributed by atoms with E-state index in [-0.39, 0.29) is 22.9 Å². The molecule has 0 radical (unpaired) electrons. The molecule has 0 aliphatic heterocycles. The van der Waals surface area contributed by atoms with E-state index >= 15 is 0 Å². The Hall–Kier alpha value is -2.31. The van der Waals surface area contributed by atoms with Crippen LogP contribution >= 0.6 is 0 Å². The van der Waals surface area contributed by atoms with Crippen LogP contribution in [0, 0.1) is 0 Å². The highest BCUT2D eigenvalue weighted by atomic mass is 16.5. The summed E-state index contributed by atoms with van der Waals surface area (Å²) in [6.07, 6.45) is 1.24. The SMILES string of the molecule is CCN(C)C(=O)c1c(OC)c(=O)c(C(N)=O)cn1C. The Morgan fingerprint density at radius 1 is 1.47 bits per heavy atom. The zero-order valence-electron chi connectivity index (χ0n) is 11.4. The Labute approximate surface area is 110 Å². The van der Waals surface area contributed by atoms with Crippen molar-refractivity contribution < 1.29 is 14.3 Å². The largest absolute Gasteiger partial charge is 0.491 e. The van der Waals surface area contributed by atoms with Crippen LogP contribution in [0.15, 0.2) is 11.0 Å². The van der Waals surface area contributed by atoms with Gasteiger partial charge in [-0.3, -0.25) is 14.4 Å². The van der Waals surface area contributed by atoms with Gasteiger partial charge in [0, 0.05) is 26.8 Å². The van der Waals surface area contributed by atoms with Crippen molar-refractivity contribution in [2.45, 2.75) is 6.92 Å². The van der Waals surface area contributed by atoms with Crippen LogP contribution in [0.3, 0.4) is 0 Å². The number of primary amides is 1. The van der Waals surface area contributed by atoms with Crippen molar-refractivity contribution in [3.63, 3.8) is 0 Å². The topological polar surface area (TPSA) is 94.6 Å². The smallest absolute Gasteiger partial charge is 0.274 e. The van der Waals surface area contributed by atoms with E-state index in [0.717, 1.165) is 0 Å². The van der Waals surface area contributed by atoms with E-state index in [2.05, 4.69) is 0 Å². The Kier molecular flexibility index (Phi) is 4.31. The maximum Gasteiger partial charge on any atom is 0.274 e. The second-order valence-electron chi connectivity index (χ2n) is 4.05. The van der Waals surface area contributed by atoms with Gasteiger partial charge in [0.15, 0.2) is 11.4 Å². The summed E-state index contributed by atoms with van der Waals surface area (Å²) >= 11 is 0. The lowest BCUT2D eigenvalue weighted by Crippen LogP contribution is -2.33. The van der Waals surface area contributed by atoms with Gasteiger partial charge >= 0.3 is 0 Å². The number of aryl methyl sites for hydroxylation is 1. The zero-order chi connectivity index (χ0) is 14.7. The molecule has 19 heavy (non-hydrogen) atoms. The number of carbonyl (C=O) groups excluding carboxylic acids is 2. The van der Waals surface area contributed by atoms with E-state index in [0.29, 0.717) is 6.54 Å². The van der Waals surface area contributed by atoms with Gasteiger partial charge in [0.05, 0.1) is 7.11 Å². The Balaban J connectivity index is 3.59. The molecule has 0 spiro atoms. The molecule has 0 saturated carbocycles. The molecule has 104 valence electrons. The summed E-state index contributed by atoms with van der Waals surface area (Å²) in [5, 5.41) is 0. The van der Waals surface area contributed by atoms with Crippen LogP contribution in [0.1, 0.15) is 27.8 Å². The molecule has 0 aliphatic carbocycles. The monoisotopic (exact) mass is 267 g/mol. The molecule has 0 saturated heterocycles. The van der Waals surface area contributed by atoms with Crippen molar-refractivity contribution in [3.05, 3.63) is 27.7 Å². The average molecular weight is 267 g/mol. The highest BCUT2D eigenvalue weighted by molar-refractivity contribution is 5.98. The quantitative estimate of drug-likeness (QED) is 0.802. The van der Waals surface area contributed by atoms with Gasteiger partial charge in [0.25, 0.3) is 11.8 Å². The van der Waals surface area contributed by atoms with Crippen LogP contribution in [-0.4, -0.2) is 42.0 Å². The fourth-order valence-electron chi connectivity index (χ4n) is 1.64. The first-order chi connectivity index (χ1) is 8.84. The summed E-state index contributed by atoms with van der Waals surface area (Å²) < 4.78 is 6.34.